The van der Waals surface area contributed by atoms with Gasteiger partial charge in [0.2, 0.25) is 0 Å². The Hall–Kier alpha value is -3.87. The molecule has 2 N–H and O–H groups in total. The maximum Gasteiger partial charge on any atom is 0.314 e. The number of hydrogen-bond donors (Lipinski definition) is 1. The number of rotatable bonds is 5. The van der Waals surface area contributed by atoms with E-state index in [2.05, 4.69) is 25.5 Å². The standard InChI is InChI=1S/C19H11F4N7OS/c20-14-9(1-3-10(15(14)21)17-27-28-18(31-17)16(22)23)6-30-7-12(26-29-30)8-2-4-11-13(5-8)32-19(24)25-11/h1-5,7,16H,6H2,(H2,24,25). The summed E-state index contributed by atoms with van der Waals surface area (Å²) in [5.41, 5.74) is 7.34. The lowest BCUT2D eigenvalue weighted by atomic mass is 10.1. The summed E-state index contributed by atoms with van der Waals surface area (Å²) in [7, 11) is 0. The molecule has 0 amide bonds. The van der Waals surface area contributed by atoms with Gasteiger partial charge in [0.05, 0.1) is 28.5 Å². The second kappa shape index (κ2) is 7.67. The summed E-state index contributed by atoms with van der Waals surface area (Å²) in [6.07, 6.45) is -1.43. The number of nitrogens with zero attached hydrogens (tertiary/aromatic N) is 6. The molecule has 13 heteroatoms. The summed E-state index contributed by atoms with van der Waals surface area (Å²) < 4.78 is 61.3. The van der Waals surface area contributed by atoms with E-state index in [1.807, 2.05) is 12.1 Å². The Morgan fingerprint density at radius 3 is 2.69 bits per heavy atom. The van der Waals surface area contributed by atoms with Crippen LogP contribution in [0.3, 0.4) is 0 Å². The summed E-state index contributed by atoms with van der Waals surface area (Å²) in [5.74, 6) is -3.98. The first-order chi connectivity index (χ1) is 15.4. The van der Waals surface area contributed by atoms with Crippen LogP contribution in [0.1, 0.15) is 17.9 Å². The third-order valence-corrected chi connectivity index (χ3v) is 5.44. The van der Waals surface area contributed by atoms with Crippen LogP contribution in [-0.2, 0) is 6.54 Å². The first-order valence-electron chi connectivity index (χ1n) is 9.04. The van der Waals surface area contributed by atoms with Gasteiger partial charge >= 0.3 is 6.43 Å². The topological polar surface area (TPSA) is 109 Å². The summed E-state index contributed by atoms with van der Waals surface area (Å²) in [4.78, 5) is 4.19. The van der Waals surface area contributed by atoms with Crippen molar-refractivity contribution in [1.29, 1.82) is 0 Å². The zero-order chi connectivity index (χ0) is 22.4. The van der Waals surface area contributed by atoms with Crippen molar-refractivity contribution in [2.45, 2.75) is 13.0 Å². The van der Waals surface area contributed by atoms with E-state index < -0.39 is 35.4 Å². The molecule has 2 aromatic carbocycles. The van der Waals surface area contributed by atoms with Gasteiger partial charge in [-0.05, 0) is 18.2 Å². The summed E-state index contributed by atoms with van der Waals surface area (Å²) in [5, 5.41) is 15.0. The van der Waals surface area contributed by atoms with Crippen LogP contribution in [0.15, 0.2) is 40.9 Å². The van der Waals surface area contributed by atoms with Gasteiger partial charge in [0.25, 0.3) is 11.8 Å². The molecule has 0 aliphatic heterocycles. The number of hydrogen-bond acceptors (Lipinski definition) is 8. The molecule has 0 radical (unpaired) electrons. The molecular weight excluding hydrogens is 450 g/mol. The van der Waals surface area contributed by atoms with Gasteiger partial charge in [-0.25, -0.2) is 18.4 Å². The highest BCUT2D eigenvalue weighted by Gasteiger charge is 2.22. The van der Waals surface area contributed by atoms with Gasteiger partial charge < -0.3 is 10.2 Å². The van der Waals surface area contributed by atoms with Crippen molar-refractivity contribution in [3.63, 3.8) is 0 Å². The van der Waals surface area contributed by atoms with E-state index in [1.54, 1.807) is 12.3 Å². The van der Waals surface area contributed by atoms with Gasteiger partial charge in [-0.15, -0.1) is 15.3 Å². The molecule has 3 aromatic heterocycles. The van der Waals surface area contributed by atoms with E-state index in [-0.39, 0.29) is 12.1 Å². The lowest BCUT2D eigenvalue weighted by Gasteiger charge is -2.06. The molecule has 0 unspecified atom stereocenters. The molecule has 0 aliphatic rings. The van der Waals surface area contributed by atoms with E-state index in [0.717, 1.165) is 15.8 Å². The minimum absolute atomic E-state index is 0.0259. The summed E-state index contributed by atoms with van der Waals surface area (Å²) in [6, 6.07) is 7.94. The normalized spacial score (nSPS) is 11.7. The second-order valence-corrected chi connectivity index (χ2v) is 7.74. The summed E-state index contributed by atoms with van der Waals surface area (Å²) >= 11 is 1.34. The highest BCUT2D eigenvalue weighted by molar-refractivity contribution is 7.22. The smallest absolute Gasteiger partial charge is 0.314 e. The number of alkyl halides is 2. The van der Waals surface area contributed by atoms with E-state index in [9.17, 15) is 17.6 Å². The monoisotopic (exact) mass is 461 g/mol. The van der Waals surface area contributed by atoms with Crippen molar-refractivity contribution in [2.75, 3.05) is 5.73 Å². The van der Waals surface area contributed by atoms with Crippen molar-refractivity contribution in [2.24, 2.45) is 0 Å². The first-order valence-corrected chi connectivity index (χ1v) is 9.86. The van der Waals surface area contributed by atoms with Crippen molar-refractivity contribution in [3.8, 4) is 22.7 Å². The van der Waals surface area contributed by atoms with E-state index in [1.165, 1.54) is 28.2 Å². The van der Waals surface area contributed by atoms with Crippen molar-refractivity contribution in [3.05, 3.63) is 59.6 Å². The molecule has 0 aliphatic carbocycles. The van der Waals surface area contributed by atoms with E-state index in [0.29, 0.717) is 10.8 Å². The van der Waals surface area contributed by atoms with Crippen LogP contribution in [0.4, 0.5) is 22.7 Å². The molecular formula is C19H11F4N7OS. The van der Waals surface area contributed by atoms with Crippen LogP contribution in [-0.4, -0.2) is 30.2 Å². The molecule has 0 atom stereocenters. The van der Waals surface area contributed by atoms with Crippen LogP contribution < -0.4 is 5.73 Å². The minimum Gasteiger partial charge on any atom is -0.415 e. The molecule has 0 fully saturated rings. The van der Waals surface area contributed by atoms with Gasteiger partial charge in [0.1, 0.15) is 5.69 Å². The number of halogens is 4. The minimum atomic E-state index is -3.01. The van der Waals surface area contributed by atoms with Crippen molar-refractivity contribution < 1.29 is 22.0 Å². The Morgan fingerprint density at radius 1 is 1.06 bits per heavy atom. The summed E-state index contributed by atoms with van der Waals surface area (Å²) in [6.45, 7) is -0.113. The second-order valence-electron chi connectivity index (χ2n) is 6.68. The fourth-order valence-electron chi connectivity index (χ4n) is 3.09. The quantitative estimate of drug-likeness (QED) is 0.385. The highest BCUT2D eigenvalue weighted by Crippen LogP contribution is 2.30. The Bertz CT molecular complexity index is 1450. The number of nitrogen functional groups attached to an aromatic ring is 1. The van der Waals surface area contributed by atoms with E-state index in [4.69, 9.17) is 10.2 Å². The van der Waals surface area contributed by atoms with Gasteiger partial charge in [0.15, 0.2) is 16.8 Å². The average Bonchev–Trinajstić information content (AvgIpc) is 3.50. The highest BCUT2D eigenvalue weighted by atomic mass is 32.1. The molecule has 5 aromatic rings. The van der Waals surface area contributed by atoms with Crippen LogP contribution in [0.25, 0.3) is 32.9 Å². The molecule has 0 spiro atoms. The predicted molar refractivity (Wildman–Crippen MR) is 107 cm³/mol. The zero-order valence-corrected chi connectivity index (χ0v) is 16.7. The van der Waals surface area contributed by atoms with Crippen LogP contribution in [0.5, 0.6) is 0 Å². The van der Waals surface area contributed by atoms with Gasteiger partial charge in [0, 0.05) is 11.1 Å². The van der Waals surface area contributed by atoms with Crippen LogP contribution in [0, 0.1) is 11.6 Å². The molecule has 8 nitrogen and oxygen atoms in total. The molecule has 3 heterocycles. The third-order valence-electron chi connectivity index (χ3n) is 4.59. The number of anilines is 1. The Morgan fingerprint density at radius 2 is 1.91 bits per heavy atom. The predicted octanol–water partition coefficient (Wildman–Crippen LogP) is 4.45. The average molecular weight is 461 g/mol. The fraction of sp³-hybridized carbons (Fsp3) is 0.105. The molecule has 0 saturated heterocycles. The third kappa shape index (κ3) is 3.56. The Labute approximate surface area is 180 Å². The van der Waals surface area contributed by atoms with Crippen molar-refractivity contribution >= 4 is 26.7 Å². The molecule has 0 bridgehead atoms. The first kappa shape index (κ1) is 20.1. The molecule has 5 rings (SSSR count). The van der Waals surface area contributed by atoms with Gasteiger partial charge in [-0.1, -0.05) is 28.7 Å². The maximum atomic E-state index is 14.6. The van der Waals surface area contributed by atoms with Crippen molar-refractivity contribution in [1.82, 2.24) is 30.2 Å². The lowest BCUT2D eigenvalue weighted by Crippen LogP contribution is -2.05. The molecule has 162 valence electrons. The van der Waals surface area contributed by atoms with E-state index >= 15 is 0 Å². The lowest BCUT2D eigenvalue weighted by molar-refractivity contribution is 0.116. The number of aromatic nitrogens is 6. The zero-order valence-electron chi connectivity index (χ0n) is 15.8. The van der Waals surface area contributed by atoms with Gasteiger partial charge in [-0.3, -0.25) is 0 Å². The maximum absolute atomic E-state index is 14.6. The Kier molecular flexibility index (Phi) is 4.81. The van der Waals surface area contributed by atoms with Crippen LogP contribution in [0.2, 0.25) is 0 Å². The number of fused-ring (bicyclic) bond motifs is 1. The number of nitrogens with two attached hydrogens (primary N) is 1. The van der Waals surface area contributed by atoms with Gasteiger partial charge in [-0.2, -0.15) is 8.78 Å². The SMILES string of the molecule is Nc1nc2ccc(-c3cn(Cc4ccc(-c5nnc(C(F)F)o5)c(F)c4F)nn3)cc2s1. The molecule has 0 saturated carbocycles. The Balaban J connectivity index is 1.40. The number of thiazole rings is 1. The molecule has 32 heavy (non-hydrogen) atoms. The fourth-order valence-corrected chi connectivity index (χ4v) is 3.87. The largest absolute Gasteiger partial charge is 0.415 e. The van der Waals surface area contributed by atoms with Crippen LogP contribution >= 0.6 is 11.3 Å². The number of benzene rings is 2.